The van der Waals surface area contributed by atoms with Gasteiger partial charge in [0.05, 0.1) is 17.7 Å². The van der Waals surface area contributed by atoms with Crippen LogP contribution in [0.2, 0.25) is 0 Å². The molecule has 0 radical (unpaired) electrons. The van der Waals surface area contributed by atoms with Gasteiger partial charge in [0, 0.05) is 11.9 Å². The number of hydrogen-bond donors (Lipinski definition) is 1. The van der Waals surface area contributed by atoms with Gasteiger partial charge in [-0.05, 0) is 36.8 Å². The molecular formula is C19H17F2N3O2. The molecule has 1 N–H and O–H groups in total. The number of esters is 1. The van der Waals surface area contributed by atoms with Gasteiger partial charge in [-0.1, -0.05) is 24.3 Å². The number of ether oxygens (including phenoxy) is 1. The van der Waals surface area contributed by atoms with Crippen molar-refractivity contribution in [2.75, 3.05) is 11.9 Å². The number of rotatable bonds is 6. The van der Waals surface area contributed by atoms with Crippen molar-refractivity contribution in [1.29, 1.82) is 0 Å². The smallest absolute Gasteiger partial charge is 0.338 e. The minimum Gasteiger partial charge on any atom is -0.462 e. The highest BCUT2D eigenvalue weighted by molar-refractivity contribution is 5.90. The van der Waals surface area contributed by atoms with Crippen molar-refractivity contribution in [2.24, 2.45) is 0 Å². The van der Waals surface area contributed by atoms with E-state index in [-0.39, 0.29) is 5.97 Å². The quantitative estimate of drug-likeness (QED) is 0.664. The monoisotopic (exact) mass is 357 g/mol. The Kier molecular flexibility index (Phi) is 5.36. The summed E-state index contributed by atoms with van der Waals surface area (Å²) in [6, 6.07) is 13.9. The van der Waals surface area contributed by atoms with Crippen molar-refractivity contribution in [3.8, 4) is 0 Å². The predicted molar refractivity (Wildman–Crippen MR) is 94.2 cm³/mol. The number of carbonyl (C=O) groups is 1. The first-order chi connectivity index (χ1) is 12.6. The predicted octanol–water partition coefficient (Wildman–Crippen LogP) is 4.36. The summed E-state index contributed by atoms with van der Waals surface area (Å²) in [5.41, 5.74) is 1.79. The van der Waals surface area contributed by atoms with E-state index in [9.17, 15) is 13.6 Å². The van der Waals surface area contributed by atoms with E-state index in [0.29, 0.717) is 35.4 Å². The Labute approximate surface area is 149 Å². The number of hydrogen-bond acceptors (Lipinski definition) is 5. The Morgan fingerprint density at radius 3 is 2.54 bits per heavy atom. The maximum Gasteiger partial charge on any atom is 0.338 e. The molecule has 2 aromatic carbocycles. The van der Waals surface area contributed by atoms with Crippen molar-refractivity contribution >= 4 is 22.7 Å². The lowest BCUT2D eigenvalue weighted by atomic mass is 10.1. The fourth-order valence-corrected chi connectivity index (χ4v) is 2.49. The third kappa shape index (κ3) is 3.93. The van der Waals surface area contributed by atoms with E-state index in [1.807, 2.05) is 0 Å². The number of fused-ring (bicyclic) bond motifs is 1. The topological polar surface area (TPSA) is 64.1 Å². The molecule has 0 aliphatic carbocycles. The van der Waals surface area contributed by atoms with E-state index in [2.05, 4.69) is 15.3 Å². The van der Waals surface area contributed by atoms with E-state index in [0.717, 1.165) is 5.56 Å². The molecule has 0 amide bonds. The molecule has 0 aliphatic rings. The molecule has 1 heterocycles. The summed E-state index contributed by atoms with van der Waals surface area (Å²) in [4.78, 5) is 19.5. The van der Waals surface area contributed by atoms with Crippen LogP contribution in [0, 0.1) is 0 Å². The van der Waals surface area contributed by atoms with Crippen LogP contribution in [0.3, 0.4) is 0 Å². The maximum absolute atomic E-state index is 13.0. The first-order valence-electron chi connectivity index (χ1n) is 8.13. The van der Waals surface area contributed by atoms with Gasteiger partial charge in [-0.3, -0.25) is 0 Å². The number of halogens is 2. The van der Waals surface area contributed by atoms with Crippen molar-refractivity contribution in [3.63, 3.8) is 0 Å². The molecule has 0 aliphatic heterocycles. The molecule has 0 unspecified atom stereocenters. The standard InChI is InChI=1S/C19H17F2N3O2/c1-2-26-19(25)13-9-7-12(8-10-13)11-22-17-14-5-3-4-6-15(14)23-18(24-17)16(20)21/h3-10,16H,2,11H2,1H3,(H,22,23,24). The number of carbonyl (C=O) groups excluding carboxylic acids is 1. The van der Waals surface area contributed by atoms with Crippen molar-refractivity contribution in [2.45, 2.75) is 19.9 Å². The second-order valence-corrected chi connectivity index (χ2v) is 5.52. The first-order valence-corrected chi connectivity index (χ1v) is 8.13. The highest BCUT2D eigenvalue weighted by atomic mass is 19.3. The minimum atomic E-state index is -2.75. The number of alkyl halides is 2. The number of benzene rings is 2. The summed E-state index contributed by atoms with van der Waals surface area (Å²) < 4.78 is 31.0. The second kappa shape index (κ2) is 7.86. The highest BCUT2D eigenvalue weighted by Gasteiger charge is 2.15. The summed E-state index contributed by atoms with van der Waals surface area (Å²) in [7, 11) is 0. The van der Waals surface area contributed by atoms with Gasteiger partial charge < -0.3 is 10.1 Å². The summed E-state index contributed by atoms with van der Waals surface area (Å²) >= 11 is 0. The van der Waals surface area contributed by atoms with E-state index < -0.39 is 12.2 Å². The molecule has 1 aromatic heterocycles. The molecule has 0 saturated heterocycles. The molecule has 3 rings (SSSR count). The Morgan fingerprint density at radius 2 is 1.85 bits per heavy atom. The number of anilines is 1. The fourth-order valence-electron chi connectivity index (χ4n) is 2.49. The third-order valence-corrected chi connectivity index (χ3v) is 3.74. The third-order valence-electron chi connectivity index (χ3n) is 3.74. The lowest BCUT2D eigenvalue weighted by Gasteiger charge is -2.11. The fraction of sp³-hybridized carbons (Fsp3) is 0.211. The zero-order chi connectivity index (χ0) is 18.5. The van der Waals surface area contributed by atoms with Crippen molar-refractivity contribution in [1.82, 2.24) is 9.97 Å². The van der Waals surface area contributed by atoms with Gasteiger partial charge in [-0.2, -0.15) is 0 Å². The van der Waals surface area contributed by atoms with E-state index >= 15 is 0 Å². The zero-order valence-electron chi connectivity index (χ0n) is 14.1. The molecule has 0 atom stereocenters. The molecule has 3 aromatic rings. The Morgan fingerprint density at radius 1 is 1.12 bits per heavy atom. The van der Waals surface area contributed by atoms with Crippen LogP contribution in [0.4, 0.5) is 14.6 Å². The van der Waals surface area contributed by atoms with Crippen LogP contribution in [-0.2, 0) is 11.3 Å². The van der Waals surface area contributed by atoms with Crippen molar-refractivity contribution < 1.29 is 18.3 Å². The van der Waals surface area contributed by atoms with Crippen LogP contribution in [0.15, 0.2) is 48.5 Å². The van der Waals surface area contributed by atoms with Gasteiger partial charge in [0.25, 0.3) is 6.43 Å². The SMILES string of the molecule is CCOC(=O)c1ccc(CNc2nc(C(F)F)nc3ccccc23)cc1. The normalized spacial score (nSPS) is 10.9. The lowest BCUT2D eigenvalue weighted by molar-refractivity contribution is 0.0526. The van der Waals surface area contributed by atoms with Crippen LogP contribution in [0.25, 0.3) is 10.9 Å². The van der Waals surface area contributed by atoms with Crippen LogP contribution in [-0.4, -0.2) is 22.5 Å². The molecule has 134 valence electrons. The molecule has 0 fully saturated rings. The largest absolute Gasteiger partial charge is 0.462 e. The van der Waals surface area contributed by atoms with Gasteiger partial charge in [0.2, 0.25) is 0 Å². The van der Waals surface area contributed by atoms with E-state index in [4.69, 9.17) is 4.74 Å². The van der Waals surface area contributed by atoms with Crippen LogP contribution in [0.1, 0.15) is 35.1 Å². The Hall–Kier alpha value is -3.09. The number of para-hydroxylation sites is 1. The minimum absolute atomic E-state index is 0.315. The number of aromatic nitrogens is 2. The van der Waals surface area contributed by atoms with E-state index in [1.54, 1.807) is 55.5 Å². The van der Waals surface area contributed by atoms with Gasteiger partial charge >= 0.3 is 5.97 Å². The average Bonchev–Trinajstić information content (AvgIpc) is 2.66. The summed E-state index contributed by atoms with van der Waals surface area (Å²) in [5, 5.41) is 3.74. The van der Waals surface area contributed by atoms with Crippen LogP contribution in [0.5, 0.6) is 0 Å². The Balaban J connectivity index is 1.80. The van der Waals surface area contributed by atoms with E-state index in [1.165, 1.54) is 0 Å². The average molecular weight is 357 g/mol. The first kappa shape index (κ1) is 17.7. The van der Waals surface area contributed by atoms with Crippen LogP contribution >= 0.6 is 0 Å². The molecule has 26 heavy (non-hydrogen) atoms. The van der Waals surface area contributed by atoms with Crippen molar-refractivity contribution in [3.05, 3.63) is 65.5 Å². The summed E-state index contributed by atoms with van der Waals surface area (Å²) in [6.45, 7) is 2.43. The summed E-state index contributed by atoms with van der Waals surface area (Å²) in [6.07, 6.45) is -2.75. The van der Waals surface area contributed by atoms with Gasteiger partial charge in [-0.15, -0.1) is 0 Å². The number of nitrogens with one attached hydrogen (secondary N) is 1. The van der Waals surface area contributed by atoms with Gasteiger partial charge in [0.1, 0.15) is 5.82 Å². The molecule has 0 spiro atoms. The molecule has 0 saturated carbocycles. The molecule has 5 nitrogen and oxygen atoms in total. The van der Waals surface area contributed by atoms with Gasteiger partial charge in [0.15, 0.2) is 5.82 Å². The lowest BCUT2D eigenvalue weighted by Crippen LogP contribution is -2.07. The second-order valence-electron chi connectivity index (χ2n) is 5.52. The van der Waals surface area contributed by atoms with Gasteiger partial charge in [-0.25, -0.2) is 23.5 Å². The molecule has 0 bridgehead atoms. The van der Waals surface area contributed by atoms with Crippen LogP contribution < -0.4 is 5.32 Å². The maximum atomic E-state index is 13.0. The Bertz CT molecular complexity index is 914. The number of nitrogens with zero attached hydrogens (tertiary/aromatic N) is 2. The molecule has 7 heteroatoms. The highest BCUT2D eigenvalue weighted by Crippen LogP contribution is 2.24. The zero-order valence-corrected chi connectivity index (χ0v) is 14.1. The molecular weight excluding hydrogens is 340 g/mol. The summed E-state index contributed by atoms with van der Waals surface area (Å²) in [5.74, 6) is -0.542.